The number of rotatable bonds is 4. The lowest BCUT2D eigenvalue weighted by Crippen LogP contribution is -2.27. The van der Waals surface area contributed by atoms with Gasteiger partial charge in [-0.2, -0.15) is 0 Å². The van der Waals surface area contributed by atoms with Crippen molar-refractivity contribution in [1.82, 2.24) is 10.0 Å². The number of aromatic nitrogens is 1. The Morgan fingerprint density at radius 1 is 1.30 bits per heavy atom. The average molecular weight is 276 g/mol. The monoisotopic (exact) mass is 276 g/mol. The summed E-state index contributed by atoms with van der Waals surface area (Å²) in [5.41, 5.74) is 1.81. The standard InChI is InChI=1S/C14H16N2O4/c1-8(17)14-12(5-6-16(20)9(2)18)11-4-3-10(19)7-13(11)15-14/h3-4,7,15,19-20H,5-6H2,1-2H3. The van der Waals surface area contributed by atoms with Gasteiger partial charge in [-0.3, -0.25) is 14.8 Å². The van der Waals surface area contributed by atoms with Crippen LogP contribution in [0.5, 0.6) is 5.75 Å². The Kier molecular flexibility index (Phi) is 3.76. The second-order valence-electron chi connectivity index (χ2n) is 4.66. The van der Waals surface area contributed by atoms with Gasteiger partial charge < -0.3 is 10.1 Å². The number of nitrogens with zero attached hydrogens (tertiary/aromatic N) is 1. The lowest BCUT2D eigenvalue weighted by atomic mass is 10.1. The van der Waals surface area contributed by atoms with Gasteiger partial charge in [0.1, 0.15) is 5.75 Å². The first-order chi connectivity index (χ1) is 9.40. The van der Waals surface area contributed by atoms with Gasteiger partial charge in [-0.1, -0.05) is 0 Å². The number of fused-ring (bicyclic) bond motifs is 1. The summed E-state index contributed by atoms with van der Waals surface area (Å²) in [6.45, 7) is 2.80. The quantitative estimate of drug-likeness (QED) is 0.451. The van der Waals surface area contributed by atoms with Crippen LogP contribution in [0.2, 0.25) is 0 Å². The molecule has 1 amide bonds. The van der Waals surface area contributed by atoms with Gasteiger partial charge in [-0.25, -0.2) is 5.06 Å². The third-order valence-electron chi connectivity index (χ3n) is 3.18. The first-order valence-electron chi connectivity index (χ1n) is 6.21. The summed E-state index contributed by atoms with van der Waals surface area (Å²) in [4.78, 5) is 25.6. The van der Waals surface area contributed by atoms with Crippen LogP contribution in [0.4, 0.5) is 0 Å². The van der Waals surface area contributed by atoms with Crippen molar-refractivity contribution in [2.24, 2.45) is 0 Å². The number of hydrogen-bond acceptors (Lipinski definition) is 4. The first kappa shape index (κ1) is 14.1. The minimum absolute atomic E-state index is 0.101. The summed E-state index contributed by atoms with van der Waals surface area (Å²) in [5.74, 6) is -0.484. The number of carbonyl (C=O) groups excluding carboxylic acids is 2. The molecule has 0 saturated heterocycles. The Bertz CT molecular complexity index is 675. The van der Waals surface area contributed by atoms with Gasteiger partial charge >= 0.3 is 0 Å². The van der Waals surface area contributed by atoms with Crippen LogP contribution < -0.4 is 0 Å². The molecule has 1 aromatic heterocycles. The van der Waals surface area contributed by atoms with Crippen LogP contribution in [-0.2, 0) is 11.2 Å². The lowest BCUT2D eigenvalue weighted by Gasteiger charge is -2.12. The van der Waals surface area contributed by atoms with Crippen molar-refractivity contribution in [1.29, 1.82) is 0 Å². The lowest BCUT2D eigenvalue weighted by molar-refractivity contribution is -0.162. The minimum atomic E-state index is -0.452. The Morgan fingerprint density at radius 3 is 2.60 bits per heavy atom. The number of phenolic OH excluding ortho intramolecular Hbond substituents is 1. The second kappa shape index (κ2) is 5.34. The molecule has 0 aliphatic carbocycles. The number of benzene rings is 1. The summed E-state index contributed by atoms with van der Waals surface area (Å²) in [6.07, 6.45) is 0.343. The Hall–Kier alpha value is -2.34. The fourth-order valence-corrected chi connectivity index (χ4v) is 2.18. The number of carbonyl (C=O) groups is 2. The zero-order chi connectivity index (χ0) is 14.9. The molecule has 0 aliphatic rings. The topological polar surface area (TPSA) is 93.6 Å². The van der Waals surface area contributed by atoms with Crippen molar-refractivity contribution in [2.75, 3.05) is 6.54 Å². The number of hydroxylamine groups is 2. The van der Waals surface area contributed by atoms with E-state index in [0.717, 1.165) is 10.9 Å². The van der Waals surface area contributed by atoms with Gasteiger partial charge in [-0.05, 0) is 24.1 Å². The molecular formula is C14H16N2O4. The molecule has 0 aliphatic heterocycles. The molecule has 0 atom stereocenters. The minimum Gasteiger partial charge on any atom is -0.508 e. The van der Waals surface area contributed by atoms with E-state index in [-0.39, 0.29) is 18.1 Å². The maximum Gasteiger partial charge on any atom is 0.242 e. The predicted molar refractivity (Wildman–Crippen MR) is 72.8 cm³/mol. The van der Waals surface area contributed by atoms with Gasteiger partial charge in [0.05, 0.1) is 12.2 Å². The molecule has 20 heavy (non-hydrogen) atoms. The molecule has 2 aromatic rings. The van der Waals surface area contributed by atoms with E-state index in [1.165, 1.54) is 26.0 Å². The van der Waals surface area contributed by atoms with Crippen LogP contribution in [0.3, 0.4) is 0 Å². The van der Waals surface area contributed by atoms with E-state index in [9.17, 15) is 19.9 Å². The number of H-pyrrole nitrogens is 1. The van der Waals surface area contributed by atoms with E-state index >= 15 is 0 Å². The van der Waals surface area contributed by atoms with Crippen LogP contribution in [-0.4, -0.2) is 38.6 Å². The van der Waals surface area contributed by atoms with E-state index in [1.54, 1.807) is 6.07 Å². The molecule has 0 spiro atoms. The van der Waals surface area contributed by atoms with Crippen molar-refractivity contribution >= 4 is 22.6 Å². The predicted octanol–water partition coefficient (Wildman–Crippen LogP) is 1.86. The van der Waals surface area contributed by atoms with Crippen molar-refractivity contribution in [3.05, 3.63) is 29.5 Å². The van der Waals surface area contributed by atoms with Crippen molar-refractivity contribution < 1.29 is 19.9 Å². The van der Waals surface area contributed by atoms with Gasteiger partial charge in [-0.15, -0.1) is 0 Å². The van der Waals surface area contributed by atoms with Gasteiger partial charge in [0.2, 0.25) is 5.91 Å². The average Bonchev–Trinajstić information content (AvgIpc) is 2.73. The van der Waals surface area contributed by atoms with E-state index in [0.29, 0.717) is 22.7 Å². The highest BCUT2D eigenvalue weighted by molar-refractivity contribution is 6.01. The van der Waals surface area contributed by atoms with Gasteiger partial charge in [0.15, 0.2) is 5.78 Å². The van der Waals surface area contributed by atoms with Gasteiger partial charge in [0.25, 0.3) is 0 Å². The Morgan fingerprint density at radius 2 is 2.00 bits per heavy atom. The fraction of sp³-hybridized carbons (Fsp3) is 0.286. The molecule has 106 valence electrons. The first-order valence-corrected chi connectivity index (χ1v) is 6.21. The summed E-state index contributed by atoms with van der Waals surface area (Å²) in [7, 11) is 0. The number of aromatic amines is 1. The molecule has 1 heterocycles. The molecule has 0 unspecified atom stereocenters. The maximum absolute atomic E-state index is 11.7. The van der Waals surface area contributed by atoms with E-state index in [1.807, 2.05) is 0 Å². The molecule has 0 radical (unpaired) electrons. The van der Waals surface area contributed by atoms with E-state index in [2.05, 4.69) is 4.98 Å². The molecule has 0 saturated carbocycles. The summed E-state index contributed by atoms with van der Waals surface area (Å²) in [5, 5.41) is 20.3. The zero-order valence-electron chi connectivity index (χ0n) is 11.3. The molecule has 2 rings (SSSR count). The van der Waals surface area contributed by atoms with Crippen LogP contribution in [0.25, 0.3) is 10.9 Å². The normalized spacial score (nSPS) is 10.8. The van der Waals surface area contributed by atoms with Crippen LogP contribution in [0, 0.1) is 0 Å². The highest BCUT2D eigenvalue weighted by Crippen LogP contribution is 2.26. The number of aromatic hydroxyl groups is 1. The Labute approximate surface area is 115 Å². The van der Waals surface area contributed by atoms with Crippen molar-refractivity contribution in [3.8, 4) is 5.75 Å². The smallest absolute Gasteiger partial charge is 0.242 e. The van der Waals surface area contributed by atoms with Crippen molar-refractivity contribution in [3.63, 3.8) is 0 Å². The van der Waals surface area contributed by atoms with Crippen LogP contribution in [0.1, 0.15) is 29.9 Å². The third kappa shape index (κ3) is 2.65. The van der Waals surface area contributed by atoms with Crippen LogP contribution in [0.15, 0.2) is 18.2 Å². The molecule has 0 fully saturated rings. The number of hydrogen-bond donors (Lipinski definition) is 3. The summed E-state index contributed by atoms with van der Waals surface area (Å²) >= 11 is 0. The van der Waals surface area contributed by atoms with Crippen molar-refractivity contribution in [2.45, 2.75) is 20.3 Å². The van der Waals surface area contributed by atoms with E-state index in [4.69, 9.17) is 0 Å². The molecule has 6 heteroatoms. The number of Topliss-reactive ketones (excluding diaryl/α,β-unsaturated/α-hetero) is 1. The number of nitrogens with one attached hydrogen (secondary N) is 1. The zero-order valence-corrected chi connectivity index (χ0v) is 11.3. The highest BCUT2D eigenvalue weighted by Gasteiger charge is 2.16. The summed E-state index contributed by atoms with van der Waals surface area (Å²) in [6, 6.07) is 4.77. The molecule has 1 aromatic carbocycles. The molecule has 0 bridgehead atoms. The second-order valence-corrected chi connectivity index (χ2v) is 4.66. The van der Waals surface area contributed by atoms with Crippen LogP contribution >= 0.6 is 0 Å². The number of amides is 1. The summed E-state index contributed by atoms with van der Waals surface area (Å²) < 4.78 is 0. The largest absolute Gasteiger partial charge is 0.508 e. The van der Waals surface area contributed by atoms with Gasteiger partial charge in [0, 0.05) is 30.8 Å². The maximum atomic E-state index is 11.7. The molecule has 3 N–H and O–H groups in total. The number of ketones is 1. The molecular weight excluding hydrogens is 260 g/mol. The van der Waals surface area contributed by atoms with E-state index < -0.39 is 5.91 Å². The fourth-order valence-electron chi connectivity index (χ4n) is 2.18. The third-order valence-corrected chi connectivity index (χ3v) is 3.18. The Balaban J connectivity index is 2.41. The molecule has 6 nitrogen and oxygen atoms in total. The highest BCUT2D eigenvalue weighted by atomic mass is 16.5. The number of phenols is 1. The SMILES string of the molecule is CC(=O)c1[nH]c2cc(O)ccc2c1CCN(O)C(C)=O.